The maximum Gasteiger partial charge on any atom is 0.332 e. The van der Waals surface area contributed by atoms with Crippen molar-refractivity contribution in [2.24, 2.45) is 14.1 Å². The number of halogens is 3. The molecule has 8 nitrogen and oxygen atoms in total. The normalized spacial score (nSPS) is 11.2. The molecule has 0 aliphatic heterocycles. The highest BCUT2D eigenvalue weighted by Crippen LogP contribution is 2.20. The number of hydrogen-bond donors (Lipinski definition) is 1. The molecule has 148 valence electrons. The van der Waals surface area contributed by atoms with E-state index in [1.807, 2.05) is 0 Å². The van der Waals surface area contributed by atoms with Crippen LogP contribution in [-0.4, -0.2) is 24.6 Å². The number of benzene rings is 1. The van der Waals surface area contributed by atoms with Gasteiger partial charge in [-0.3, -0.25) is 18.7 Å². The summed E-state index contributed by atoms with van der Waals surface area (Å²) in [5, 5.41) is 2.18. The van der Waals surface area contributed by atoms with Crippen LogP contribution in [0.5, 0.6) is 0 Å². The lowest BCUT2D eigenvalue weighted by atomic mass is 10.2. The highest BCUT2D eigenvalue weighted by molar-refractivity contribution is 5.90. The van der Waals surface area contributed by atoms with E-state index in [9.17, 15) is 27.6 Å². The number of imidazole rings is 1. The Hall–Kier alpha value is -3.37. The molecule has 11 heteroatoms. The summed E-state index contributed by atoms with van der Waals surface area (Å²) < 4.78 is 43.4. The second kappa shape index (κ2) is 7.33. The molecule has 3 aromatic rings. The molecule has 2 aromatic heterocycles. The molecule has 0 bridgehead atoms. The smallest absolute Gasteiger partial charge is 0.325 e. The summed E-state index contributed by atoms with van der Waals surface area (Å²) in [6.45, 7) is 0.234. The summed E-state index contributed by atoms with van der Waals surface area (Å²) in [6.07, 6.45) is 1.58. The zero-order valence-electron chi connectivity index (χ0n) is 15.0. The van der Waals surface area contributed by atoms with E-state index in [0.29, 0.717) is 6.07 Å². The Balaban J connectivity index is 1.71. The topological polar surface area (TPSA) is 90.9 Å². The number of fused-ring (bicyclic) bond motifs is 1. The average molecular weight is 395 g/mol. The third-order valence-corrected chi connectivity index (χ3v) is 4.33. The Morgan fingerprint density at radius 1 is 1.11 bits per heavy atom. The summed E-state index contributed by atoms with van der Waals surface area (Å²) in [5.41, 5.74) is -1.03. The fourth-order valence-corrected chi connectivity index (χ4v) is 2.81. The van der Waals surface area contributed by atoms with Crippen molar-refractivity contribution in [3.8, 4) is 0 Å². The van der Waals surface area contributed by atoms with E-state index in [1.54, 1.807) is 0 Å². The minimum atomic E-state index is -1.66. The van der Waals surface area contributed by atoms with Crippen LogP contribution in [0, 0.1) is 17.5 Å². The van der Waals surface area contributed by atoms with Crippen molar-refractivity contribution in [1.82, 2.24) is 18.7 Å². The van der Waals surface area contributed by atoms with Crippen molar-refractivity contribution in [2.75, 3.05) is 5.32 Å². The van der Waals surface area contributed by atoms with E-state index in [2.05, 4.69) is 10.3 Å². The predicted molar refractivity (Wildman–Crippen MR) is 94.4 cm³/mol. The van der Waals surface area contributed by atoms with E-state index in [0.717, 1.165) is 10.6 Å². The summed E-state index contributed by atoms with van der Waals surface area (Å²) in [6, 6.07) is 1.64. The SMILES string of the molecule is Cn1c(=O)c2c(ncn2CCCC(=O)Nc2ccc(F)c(F)c2F)n(C)c1=O. The quantitative estimate of drug-likeness (QED) is 0.659. The second-order valence-electron chi connectivity index (χ2n) is 6.19. The number of rotatable bonds is 5. The van der Waals surface area contributed by atoms with Crippen LogP contribution >= 0.6 is 0 Å². The van der Waals surface area contributed by atoms with Crippen LogP contribution in [0.3, 0.4) is 0 Å². The average Bonchev–Trinajstić information content (AvgIpc) is 3.09. The number of carbonyl (C=O) groups is 1. The number of hydrogen-bond acceptors (Lipinski definition) is 4. The monoisotopic (exact) mass is 395 g/mol. The maximum absolute atomic E-state index is 13.6. The number of carbonyl (C=O) groups excluding carboxylic acids is 1. The van der Waals surface area contributed by atoms with E-state index >= 15 is 0 Å². The van der Waals surface area contributed by atoms with Crippen molar-refractivity contribution in [2.45, 2.75) is 19.4 Å². The maximum atomic E-state index is 13.6. The Morgan fingerprint density at radius 3 is 2.54 bits per heavy atom. The molecular formula is C17H16F3N5O3. The molecular weight excluding hydrogens is 379 g/mol. The first-order valence-electron chi connectivity index (χ1n) is 8.26. The molecule has 0 fully saturated rings. The van der Waals surface area contributed by atoms with Gasteiger partial charge in [0.25, 0.3) is 5.56 Å². The molecule has 0 unspecified atom stereocenters. The molecule has 3 rings (SSSR count). The summed E-state index contributed by atoms with van der Waals surface area (Å²) >= 11 is 0. The van der Waals surface area contributed by atoms with Gasteiger partial charge in [0.2, 0.25) is 5.91 Å². The molecule has 1 aromatic carbocycles. The van der Waals surface area contributed by atoms with Gasteiger partial charge in [-0.2, -0.15) is 0 Å². The zero-order chi connectivity index (χ0) is 20.6. The lowest BCUT2D eigenvalue weighted by Gasteiger charge is -2.08. The first-order valence-corrected chi connectivity index (χ1v) is 8.26. The van der Waals surface area contributed by atoms with Crippen LogP contribution in [0.2, 0.25) is 0 Å². The Bertz CT molecular complexity index is 1200. The first kappa shape index (κ1) is 19.4. The summed E-state index contributed by atoms with van der Waals surface area (Å²) in [7, 11) is 2.84. The van der Waals surface area contributed by atoms with Crippen molar-refractivity contribution in [3.05, 3.63) is 56.7 Å². The van der Waals surface area contributed by atoms with Gasteiger partial charge in [-0.1, -0.05) is 0 Å². The molecule has 1 amide bonds. The molecule has 0 aliphatic rings. The van der Waals surface area contributed by atoms with Crippen LogP contribution in [0.4, 0.5) is 18.9 Å². The van der Waals surface area contributed by atoms with Gasteiger partial charge in [0.1, 0.15) is 0 Å². The third-order valence-electron chi connectivity index (χ3n) is 4.33. The van der Waals surface area contributed by atoms with Crippen LogP contribution in [0.15, 0.2) is 28.0 Å². The van der Waals surface area contributed by atoms with E-state index in [1.165, 1.54) is 29.6 Å². The molecule has 0 saturated carbocycles. The van der Waals surface area contributed by atoms with E-state index in [-0.39, 0.29) is 30.6 Å². The van der Waals surface area contributed by atoms with Gasteiger partial charge in [0, 0.05) is 27.1 Å². The Morgan fingerprint density at radius 2 is 1.82 bits per heavy atom. The predicted octanol–water partition coefficient (Wildman–Crippen LogP) is 1.27. The molecule has 0 spiro atoms. The highest BCUT2D eigenvalue weighted by Gasteiger charge is 2.16. The number of aromatic nitrogens is 4. The fraction of sp³-hybridized carbons (Fsp3) is 0.294. The summed E-state index contributed by atoms with van der Waals surface area (Å²) in [4.78, 5) is 40.2. The van der Waals surface area contributed by atoms with Crippen molar-refractivity contribution in [1.29, 1.82) is 0 Å². The number of aryl methyl sites for hydroxylation is 2. The minimum Gasteiger partial charge on any atom is -0.325 e. The van der Waals surface area contributed by atoms with Crippen molar-refractivity contribution >= 4 is 22.8 Å². The minimum absolute atomic E-state index is 0.0653. The van der Waals surface area contributed by atoms with E-state index < -0.39 is 40.3 Å². The lowest BCUT2D eigenvalue weighted by Crippen LogP contribution is -2.37. The van der Waals surface area contributed by atoms with Gasteiger partial charge in [-0.25, -0.2) is 22.9 Å². The van der Waals surface area contributed by atoms with Crippen LogP contribution in [0.25, 0.3) is 11.2 Å². The molecule has 1 N–H and O–H groups in total. The number of amides is 1. The number of nitrogens with zero attached hydrogens (tertiary/aromatic N) is 4. The Kier molecular flexibility index (Phi) is 5.08. The van der Waals surface area contributed by atoms with Crippen molar-refractivity contribution in [3.63, 3.8) is 0 Å². The zero-order valence-corrected chi connectivity index (χ0v) is 15.0. The molecule has 0 aliphatic carbocycles. The molecule has 0 atom stereocenters. The standard InChI is InChI=1S/C17H16F3N5O3/c1-23-15-14(16(27)24(2)17(23)28)25(8-21-15)7-3-4-11(26)22-10-6-5-9(18)12(19)13(10)20/h5-6,8H,3-4,7H2,1-2H3,(H,22,26). The lowest BCUT2D eigenvalue weighted by molar-refractivity contribution is -0.116. The molecule has 2 heterocycles. The number of anilines is 1. The van der Waals surface area contributed by atoms with Gasteiger partial charge < -0.3 is 9.88 Å². The second-order valence-corrected chi connectivity index (χ2v) is 6.19. The highest BCUT2D eigenvalue weighted by atomic mass is 19.2. The first-order chi connectivity index (χ1) is 13.2. The van der Waals surface area contributed by atoms with Gasteiger partial charge in [0.05, 0.1) is 12.0 Å². The van der Waals surface area contributed by atoms with Crippen molar-refractivity contribution < 1.29 is 18.0 Å². The fourth-order valence-electron chi connectivity index (χ4n) is 2.81. The largest absolute Gasteiger partial charge is 0.332 e. The number of nitrogens with one attached hydrogen (secondary N) is 1. The van der Waals surface area contributed by atoms with Gasteiger partial charge in [-0.15, -0.1) is 0 Å². The van der Waals surface area contributed by atoms with Gasteiger partial charge in [-0.05, 0) is 18.6 Å². The molecule has 0 radical (unpaired) electrons. The van der Waals surface area contributed by atoms with Crippen LogP contribution < -0.4 is 16.6 Å². The van der Waals surface area contributed by atoms with Gasteiger partial charge in [0.15, 0.2) is 28.6 Å². The molecule has 0 saturated heterocycles. The van der Waals surface area contributed by atoms with Crippen LogP contribution in [-0.2, 0) is 25.4 Å². The van der Waals surface area contributed by atoms with Gasteiger partial charge >= 0.3 is 5.69 Å². The molecule has 28 heavy (non-hydrogen) atoms. The Labute approximate surface area is 155 Å². The third kappa shape index (κ3) is 3.30. The van der Waals surface area contributed by atoms with E-state index in [4.69, 9.17) is 0 Å². The van der Waals surface area contributed by atoms with Crippen LogP contribution in [0.1, 0.15) is 12.8 Å². The summed E-state index contributed by atoms with van der Waals surface area (Å²) in [5.74, 6) is -5.09.